The van der Waals surface area contributed by atoms with Crippen LogP contribution in [0.3, 0.4) is 0 Å². The molecule has 0 unspecified atom stereocenters. The fourth-order valence-electron chi connectivity index (χ4n) is 2.85. The zero-order valence-corrected chi connectivity index (χ0v) is 13.1. The van der Waals surface area contributed by atoms with Crippen LogP contribution < -0.4 is 0 Å². The van der Waals surface area contributed by atoms with E-state index in [0.717, 1.165) is 5.92 Å². The van der Waals surface area contributed by atoms with E-state index in [4.69, 9.17) is 0 Å². The summed E-state index contributed by atoms with van der Waals surface area (Å²) in [6.07, 6.45) is 2.80. The normalized spacial score (nSPS) is 15.6. The summed E-state index contributed by atoms with van der Waals surface area (Å²) in [6.45, 7) is 10.3. The quantitative estimate of drug-likeness (QED) is 0.723. The average molecular weight is 267 g/mol. The van der Waals surface area contributed by atoms with Crippen LogP contribution in [0.25, 0.3) is 11.3 Å². The Bertz CT molecular complexity index is 592. The highest BCUT2D eigenvalue weighted by atomic mass is 15.0. The summed E-state index contributed by atoms with van der Waals surface area (Å²) < 4.78 is 2.56. The van der Waals surface area contributed by atoms with Crippen molar-refractivity contribution in [3.05, 3.63) is 47.7 Å². The van der Waals surface area contributed by atoms with E-state index in [1.165, 1.54) is 41.9 Å². The minimum atomic E-state index is 0.206. The van der Waals surface area contributed by atoms with Crippen molar-refractivity contribution in [3.8, 4) is 11.3 Å². The fourth-order valence-corrected chi connectivity index (χ4v) is 2.85. The Labute approximate surface area is 122 Å². The van der Waals surface area contributed by atoms with Gasteiger partial charge in [0.1, 0.15) is 0 Å². The van der Waals surface area contributed by atoms with Crippen LogP contribution in [0, 0.1) is 12.8 Å². The van der Waals surface area contributed by atoms with Gasteiger partial charge in [0.15, 0.2) is 0 Å². The van der Waals surface area contributed by atoms with Crippen LogP contribution in [-0.4, -0.2) is 4.57 Å². The molecule has 0 radical (unpaired) electrons. The van der Waals surface area contributed by atoms with Gasteiger partial charge in [0.25, 0.3) is 0 Å². The Kier molecular flexibility index (Phi) is 3.24. The summed E-state index contributed by atoms with van der Waals surface area (Å²) >= 11 is 0. The standard InChI is InChI=1S/C19H25N/c1-14-5-9-16(10-6-14)17-11-12-18(19(2,3)4)20(17)13-15-7-8-15/h5-6,9-12,15H,7-8,13H2,1-4H3. The van der Waals surface area contributed by atoms with Gasteiger partial charge in [0.2, 0.25) is 0 Å². The lowest BCUT2D eigenvalue weighted by Crippen LogP contribution is -2.18. The van der Waals surface area contributed by atoms with Crippen molar-refractivity contribution in [1.29, 1.82) is 0 Å². The predicted molar refractivity (Wildman–Crippen MR) is 86.0 cm³/mol. The van der Waals surface area contributed by atoms with E-state index in [2.05, 4.69) is 68.7 Å². The maximum atomic E-state index is 2.56. The topological polar surface area (TPSA) is 4.93 Å². The van der Waals surface area contributed by atoms with E-state index in [-0.39, 0.29) is 5.41 Å². The first kappa shape index (κ1) is 13.5. The Balaban J connectivity index is 2.05. The van der Waals surface area contributed by atoms with Gasteiger partial charge in [-0.15, -0.1) is 0 Å². The van der Waals surface area contributed by atoms with Crippen LogP contribution in [0.15, 0.2) is 36.4 Å². The summed E-state index contributed by atoms with van der Waals surface area (Å²) in [4.78, 5) is 0. The van der Waals surface area contributed by atoms with Crippen LogP contribution in [0.4, 0.5) is 0 Å². The minimum absolute atomic E-state index is 0.206. The molecule has 0 amide bonds. The predicted octanol–water partition coefficient (Wildman–Crippen LogP) is 5.17. The van der Waals surface area contributed by atoms with E-state index in [1.807, 2.05) is 0 Å². The van der Waals surface area contributed by atoms with Crippen molar-refractivity contribution < 1.29 is 0 Å². The van der Waals surface area contributed by atoms with E-state index in [1.54, 1.807) is 0 Å². The number of hydrogen-bond acceptors (Lipinski definition) is 0. The molecule has 1 fully saturated rings. The molecule has 1 aliphatic carbocycles. The van der Waals surface area contributed by atoms with E-state index in [0.29, 0.717) is 0 Å². The Morgan fingerprint density at radius 3 is 2.20 bits per heavy atom. The summed E-state index contributed by atoms with van der Waals surface area (Å²) in [6, 6.07) is 13.5. The zero-order valence-electron chi connectivity index (χ0n) is 13.1. The molecule has 0 bridgehead atoms. The number of aryl methyl sites for hydroxylation is 1. The third-order valence-electron chi connectivity index (χ3n) is 4.23. The van der Waals surface area contributed by atoms with Crippen molar-refractivity contribution in [2.24, 2.45) is 5.92 Å². The molecule has 1 aromatic heterocycles. The smallest absolute Gasteiger partial charge is 0.0482 e. The third-order valence-corrected chi connectivity index (χ3v) is 4.23. The van der Waals surface area contributed by atoms with E-state index >= 15 is 0 Å². The summed E-state index contributed by atoms with van der Waals surface area (Å²) in [5, 5.41) is 0. The Hall–Kier alpha value is -1.50. The molecule has 1 nitrogen and oxygen atoms in total. The Morgan fingerprint density at radius 2 is 1.65 bits per heavy atom. The van der Waals surface area contributed by atoms with Crippen molar-refractivity contribution in [1.82, 2.24) is 4.57 Å². The molecule has 1 aliphatic rings. The molecule has 0 spiro atoms. The van der Waals surface area contributed by atoms with Crippen LogP contribution >= 0.6 is 0 Å². The molecule has 2 aromatic rings. The third kappa shape index (κ3) is 2.67. The zero-order chi connectivity index (χ0) is 14.3. The van der Waals surface area contributed by atoms with Gasteiger partial charge in [-0.3, -0.25) is 0 Å². The highest BCUT2D eigenvalue weighted by Gasteiger charge is 2.27. The molecule has 1 heterocycles. The maximum absolute atomic E-state index is 2.56. The SMILES string of the molecule is Cc1ccc(-c2ccc(C(C)(C)C)n2CC2CC2)cc1. The molecule has 0 aliphatic heterocycles. The van der Waals surface area contributed by atoms with Crippen LogP contribution in [0.5, 0.6) is 0 Å². The molecule has 1 aromatic carbocycles. The molecule has 0 N–H and O–H groups in total. The second-order valence-electron chi connectivity index (χ2n) is 7.27. The number of aromatic nitrogens is 1. The van der Waals surface area contributed by atoms with Gasteiger partial charge < -0.3 is 4.57 Å². The first-order valence-corrected chi connectivity index (χ1v) is 7.72. The van der Waals surface area contributed by atoms with Gasteiger partial charge in [-0.2, -0.15) is 0 Å². The molecule has 0 atom stereocenters. The minimum Gasteiger partial charge on any atom is -0.344 e. The molecular formula is C19H25N. The van der Waals surface area contributed by atoms with Gasteiger partial charge in [-0.25, -0.2) is 0 Å². The molecule has 1 heteroatoms. The number of rotatable bonds is 3. The molecular weight excluding hydrogens is 242 g/mol. The van der Waals surface area contributed by atoms with Gasteiger partial charge in [0, 0.05) is 23.3 Å². The maximum Gasteiger partial charge on any atom is 0.0482 e. The van der Waals surface area contributed by atoms with Gasteiger partial charge in [-0.05, 0) is 43.4 Å². The molecule has 0 saturated heterocycles. The molecule has 1 saturated carbocycles. The average Bonchev–Trinajstić information content (AvgIpc) is 3.07. The second kappa shape index (κ2) is 4.80. The monoisotopic (exact) mass is 267 g/mol. The van der Waals surface area contributed by atoms with Gasteiger partial charge in [-0.1, -0.05) is 50.6 Å². The van der Waals surface area contributed by atoms with Crippen LogP contribution in [0.1, 0.15) is 44.9 Å². The van der Waals surface area contributed by atoms with Crippen molar-refractivity contribution >= 4 is 0 Å². The highest BCUT2D eigenvalue weighted by molar-refractivity contribution is 5.61. The molecule has 106 valence electrons. The Morgan fingerprint density at radius 1 is 1.00 bits per heavy atom. The second-order valence-corrected chi connectivity index (χ2v) is 7.27. The first-order chi connectivity index (χ1) is 9.45. The summed E-state index contributed by atoms with van der Waals surface area (Å²) in [5.74, 6) is 0.896. The molecule has 3 rings (SSSR count). The lowest BCUT2D eigenvalue weighted by atomic mass is 9.92. The van der Waals surface area contributed by atoms with Crippen LogP contribution in [0.2, 0.25) is 0 Å². The number of nitrogens with zero attached hydrogens (tertiary/aromatic N) is 1. The van der Waals surface area contributed by atoms with Crippen molar-refractivity contribution in [3.63, 3.8) is 0 Å². The number of benzene rings is 1. The van der Waals surface area contributed by atoms with Crippen molar-refractivity contribution in [2.75, 3.05) is 0 Å². The lowest BCUT2D eigenvalue weighted by Gasteiger charge is -2.23. The van der Waals surface area contributed by atoms with Gasteiger partial charge >= 0.3 is 0 Å². The largest absolute Gasteiger partial charge is 0.344 e. The summed E-state index contributed by atoms with van der Waals surface area (Å²) in [5.41, 5.74) is 5.70. The highest BCUT2D eigenvalue weighted by Crippen LogP contribution is 2.36. The van der Waals surface area contributed by atoms with Crippen molar-refractivity contribution in [2.45, 2.75) is 52.5 Å². The number of hydrogen-bond donors (Lipinski definition) is 0. The van der Waals surface area contributed by atoms with E-state index in [9.17, 15) is 0 Å². The van der Waals surface area contributed by atoms with E-state index < -0.39 is 0 Å². The first-order valence-electron chi connectivity index (χ1n) is 7.72. The fraction of sp³-hybridized carbons (Fsp3) is 0.474. The van der Waals surface area contributed by atoms with Gasteiger partial charge in [0.05, 0.1) is 0 Å². The van der Waals surface area contributed by atoms with Crippen LogP contribution in [-0.2, 0) is 12.0 Å². The lowest BCUT2D eigenvalue weighted by molar-refractivity contribution is 0.503. The summed E-state index contributed by atoms with van der Waals surface area (Å²) in [7, 11) is 0. The molecule has 20 heavy (non-hydrogen) atoms.